The van der Waals surface area contributed by atoms with E-state index in [0.29, 0.717) is 22.2 Å². The number of rotatable bonds is 3. The van der Waals surface area contributed by atoms with Gasteiger partial charge in [-0.25, -0.2) is 0 Å². The number of hydrogen-bond donors (Lipinski definition) is 1. The summed E-state index contributed by atoms with van der Waals surface area (Å²) in [5.41, 5.74) is 2.19. The van der Waals surface area contributed by atoms with Crippen LogP contribution in [0.1, 0.15) is 21.6 Å². The number of nitro benzene ring substituents is 1. The number of fused-ring (bicyclic) bond motifs is 1. The van der Waals surface area contributed by atoms with Crippen molar-refractivity contribution in [2.24, 2.45) is 0 Å². The molecule has 2 aromatic carbocycles. The fourth-order valence-corrected chi connectivity index (χ4v) is 2.59. The second-order valence-corrected chi connectivity index (χ2v) is 5.71. The van der Waals surface area contributed by atoms with Crippen molar-refractivity contribution in [2.45, 2.75) is 13.8 Å². The lowest BCUT2D eigenvalue weighted by atomic mass is 10.0. The Kier molecular flexibility index (Phi) is 4.14. The largest absolute Gasteiger partial charge is 0.322 e. The number of carbonyl (C=O) groups is 1. The van der Waals surface area contributed by atoms with Crippen molar-refractivity contribution >= 4 is 28.2 Å². The van der Waals surface area contributed by atoms with E-state index in [9.17, 15) is 19.3 Å². The van der Waals surface area contributed by atoms with Crippen LogP contribution in [0.2, 0.25) is 0 Å². The first-order valence-electron chi connectivity index (χ1n) is 7.48. The maximum atomic E-state index is 13.4. The van der Waals surface area contributed by atoms with E-state index in [1.54, 1.807) is 13.0 Å². The molecule has 0 fully saturated rings. The second kappa shape index (κ2) is 6.27. The van der Waals surface area contributed by atoms with Gasteiger partial charge in [0.1, 0.15) is 0 Å². The molecule has 1 amide bonds. The summed E-state index contributed by atoms with van der Waals surface area (Å²) in [5, 5.41) is 14.1. The Labute approximate surface area is 142 Å². The highest BCUT2D eigenvalue weighted by Crippen LogP contribution is 2.24. The molecule has 1 heterocycles. The van der Waals surface area contributed by atoms with E-state index in [2.05, 4.69) is 10.3 Å². The standard InChI is InChI=1S/C18H14FN3O3/c1-10-3-6-16-13(7-10)14(8-11(2)20-16)18(23)21-12-4-5-15(19)17(9-12)22(24)25/h3-9H,1-2H3,(H,21,23). The summed E-state index contributed by atoms with van der Waals surface area (Å²) < 4.78 is 13.4. The number of halogens is 1. The van der Waals surface area contributed by atoms with Crippen molar-refractivity contribution in [1.29, 1.82) is 0 Å². The fourth-order valence-electron chi connectivity index (χ4n) is 2.59. The molecule has 0 saturated heterocycles. The van der Waals surface area contributed by atoms with Crippen LogP contribution in [0.4, 0.5) is 15.8 Å². The molecule has 0 bridgehead atoms. The number of benzene rings is 2. The third kappa shape index (κ3) is 3.30. The molecule has 0 spiro atoms. The number of nitrogens with zero attached hydrogens (tertiary/aromatic N) is 2. The summed E-state index contributed by atoms with van der Waals surface area (Å²) in [5.74, 6) is -1.40. The third-order valence-electron chi connectivity index (χ3n) is 3.74. The Balaban J connectivity index is 2.02. The summed E-state index contributed by atoms with van der Waals surface area (Å²) in [7, 11) is 0. The van der Waals surface area contributed by atoms with E-state index in [0.717, 1.165) is 17.7 Å². The van der Waals surface area contributed by atoms with Gasteiger partial charge < -0.3 is 5.32 Å². The Morgan fingerprint density at radius 3 is 2.64 bits per heavy atom. The summed E-state index contributed by atoms with van der Waals surface area (Å²) >= 11 is 0. The van der Waals surface area contributed by atoms with Gasteiger partial charge in [0.15, 0.2) is 0 Å². The highest BCUT2D eigenvalue weighted by atomic mass is 19.1. The van der Waals surface area contributed by atoms with Crippen molar-refractivity contribution in [3.63, 3.8) is 0 Å². The molecule has 1 N–H and O–H groups in total. The van der Waals surface area contributed by atoms with Crippen LogP contribution in [-0.4, -0.2) is 15.8 Å². The number of amides is 1. The first-order chi connectivity index (χ1) is 11.8. The van der Waals surface area contributed by atoms with Crippen LogP contribution < -0.4 is 5.32 Å². The second-order valence-electron chi connectivity index (χ2n) is 5.71. The maximum Gasteiger partial charge on any atom is 0.306 e. The Bertz CT molecular complexity index is 1020. The predicted octanol–water partition coefficient (Wildman–Crippen LogP) is 4.15. The molecule has 6 nitrogen and oxygen atoms in total. The smallest absolute Gasteiger partial charge is 0.306 e. The van der Waals surface area contributed by atoms with Gasteiger partial charge in [-0.3, -0.25) is 19.9 Å². The maximum absolute atomic E-state index is 13.4. The Hall–Kier alpha value is -3.35. The molecule has 0 saturated carbocycles. The van der Waals surface area contributed by atoms with Crippen LogP contribution in [0.5, 0.6) is 0 Å². The van der Waals surface area contributed by atoms with Crippen LogP contribution in [0.3, 0.4) is 0 Å². The Morgan fingerprint density at radius 2 is 1.92 bits per heavy atom. The molecule has 3 rings (SSSR count). The molecule has 1 aromatic heterocycles. The number of nitro groups is 1. The zero-order valence-electron chi connectivity index (χ0n) is 13.5. The van der Waals surface area contributed by atoms with Gasteiger partial charge in [0, 0.05) is 22.8 Å². The van der Waals surface area contributed by atoms with Gasteiger partial charge in [-0.1, -0.05) is 11.6 Å². The van der Waals surface area contributed by atoms with E-state index in [1.165, 1.54) is 6.07 Å². The zero-order valence-corrected chi connectivity index (χ0v) is 13.5. The lowest BCUT2D eigenvalue weighted by Crippen LogP contribution is -2.13. The molecular weight excluding hydrogens is 325 g/mol. The predicted molar refractivity (Wildman–Crippen MR) is 92.2 cm³/mol. The molecule has 0 radical (unpaired) electrons. The molecule has 0 aliphatic carbocycles. The topological polar surface area (TPSA) is 85.1 Å². The third-order valence-corrected chi connectivity index (χ3v) is 3.74. The van der Waals surface area contributed by atoms with Crippen molar-refractivity contribution in [1.82, 2.24) is 4.98 Å². The lowest BCUT2D eigenvalue weighted by Gasteiger charge is -2.10. The molecule has 0 aliphatic heterocycles. The number of aryl methyl sites for hydroxylation is 2. The Morgan fingerprint density at radius 1 is 1.16 bits per heavy atom. The van der Waals surface area contributed by atoms with Gasteiger partial charge in [-0.15, -0.1) is 0 Å². The summed E-state index contributed by atoms with van der Waals surface area (Å²) in [6.45, 7) is 3.68. The summed E-state index contributed by atoms with van der Waals surface area (Å²) in [6, 6.07) is 10.5. The number of pyridine rings is 1. The van der Waals surface area contributed by atoms with Gasteiger partial charge in [-0.05, 0) is 44.2 Å². The highest BCUT2D eigenvalue weighted by Gasteiger charge is 2.17. The molecule has 0 aliphatic rings. The van der Waals surface area contributed by atoms with Gasteiger partial charge in [-0.2, -0.15) is 4.39 Å². The first-order valence-corrected chi connectivity index (χ1v) is 7.48. The van der Waals surface area contributed by atoms with Crippen molar-refractivity contribution < 1.29 is 14.1 Å². The average Bonchev–Trinajstić information content (AvgIpc) is 2.56. The van der Waals surface area contributed by atoms with Crippen LogP contribution in [0.15, 0.2) is 42.5 Å². The molecule has 126 valence electrons. The van der Waals surface area contributed by atoms with Crippen molar-refractivity contribution in [3.05, 3.63) is 75.2 Å². The SMILES string of the molecule is Cc1ccc2nc(C)cc(C(=O)Nc3ccc(F)c([N+](=O)[O-])c3)c2c1. The number of nitrogens with one attached hydrogen (secondary N) is 1. The number of anilines is 1. The number of hydrogen-bond acceptors (Lipinski definition) is 4. The van der Waals surface area contributed by atoms with E-state index in [-0.39, 0.29) is 5.69 Å². The molecule has 0 unspecified atom stereocenters. The van der Waals surface area contributed by atoms with E-state index >= 15 is 0 Å². The molecule has 7 heteroatoms. The summed E-state index contributed by atoms with van der Waals surface area (Å²) in [6.07, 6.45) is 0. The summed E-state index contributed by atoms with van der Waals surface area (Å²) in [4.78, 5) is 27.1. The molecule has 3 aromatic rings. The first kappa shape index (κ1) is 16.5. The zero-order chi connectivity index (χ0) is 18.1. The minimum absolute atomic E-state index is 0.147. The molecule has 0 atom stereocenters. The fraction of sp³-hybridized carbons (Fsp3) is 0.111. The van der Waals surface area contributed by atoms with Crippen LogP contribution in [-0.2, 0) is 0 Å². The van der Waals surface area contributed by atoms with Crippen LogP contribution in [0.25, 0.3) is 10.9 Å². The van der Waals surface area contributed by atoms with E-state index in [1.807, 2.05) is 25.1 Å². The van der Waals surface area contributed by atoms with Crippen LogP contribution >= 0.6 is 0 Å². The quantitative estimate of drug-likeness (QED) is 0.574. The number of aromatic nitrogens is 1. The van der Waals surface area contributed by atoms with Gasteiger partial charge in [0.25, 0.3) is 5.91 Å². The van der Waals surface area contributed by atoms with Gasteiger partial charge in [0.2, 0.25) is 5.82 Å². The molecule has 25 heavy (non-hydrogen) atoms. The molecular formula is C18H14FN3O3. The monoisotopic (exact) mass is 339 g/mol. The normalized spacial score (nSPS) is 10.7. The van der Waals surface area contributed by atoms with E-state index < -0.39 is 22.3 Å². The van der Waals surface area contributed by atoms with Gasteiger partial charge >= 0.3 is 5.69 Å². The minimum Gasteiger partial charge on any atom is -0.322 e. The number of carbonyl (C=O) groups excluding carboxylic acids is 1. The average molecular weight is 339 g/mol. The highest BCUT2D eigenvalue weighted by molar-refractivity contribution is 6.12. The lowest BCUT2D eigenvalue weighted by molar-refractivity contribution is -0.387. The van der Waals surface area contributed by atoms with E-state index in [4.69, 9.17) is 0 Å². The van der Waals surface area contributed by atoms with Crippen LogP contribution in [0, 0.1) is 29.8 Å². The van der Waals surface area contributed by atoms with Gasteiger partial charge in [0.05, 0.1) is 16.0 Å². The van der Waals surface area contributed by atoms with Crippen molar-refractivity contribution in [3.8, 4) is 0 Å². The minimum atomic E-state index is -0.955. The van der Waals surface area contributed by atoms with Crippen molar-refractivity contribution in [2.75, 3.05) is 5.32 Å².